The van der Waals surface area contributed by atoms with E-state index in [0.717, 1.165) is 6.42 Å². The van der Waals surface area contributed by atoms with E-state index in [1.165, 1.54) is 12.5 Å². The third kappa shape index (κ3) is 1.52. The highest BCUT2D eigenvalue weighted by atomic mass is 16.5. The lowest BCUT2D eigenvalue weighted by Gasteiger charge is -2.11. The first-order valence-electron chi connectivity index (χ1n) is 4.47. The van der Waals surface area contributed by atoms with E-state index in [4.69, 9.17) is 9.15 Å². The van der Waals surface area contributed by atoms with Crippen LogP contribution in [0.2, 0.25) is 0 Å². The first kappa shape index (κ1) is 8.51. The Kier molecular flexibility index (Phi) is 2.19. The molecule has 0 amide bonds. The van der Waals surface area contributed by atoms with Gasteiger partial charge in [-0.15, -0.1) is 0 Å². The molecule has 0 spiro atoms. The predicted molar refractivity (Wildman–Crippen MR) is 46.6 cm³/mol. The Hall–Kier alpha value is -1.09. The summed E-state index contributed by atoms with van der Waals surface area (Å²) in [6.07, 6.45) is 3.68. The largest absolute Gasteiger partial charge is 0.472 e. The van der Waals surface area contributed by atoms with Gasteiger partial charge in [0.15, 0.2) is 5.78 Å². The molecule has 1 aliphatic heterocycles. The normalized spacial score (nSPS) is 27.8. The van der Waals surface area contributed by atoms with Gasteiger partial charge in [-0.3, -0.25) is 4.79 Å². The Bertz CT molecular complexity index is 289. The van der Waals surface area contributed by atoms with Crippen LogP contribution in [0.25, 0.3) is 0 Å². The van der Waals surface area contributed by atoms with Gasteiger partial charge in [0, 0.05) is 6.61 Å². The minimum absolute atomic E-state index is 0.0405. The lowest BCUT2D eigenvalue weighted by atomic mass is 9.98. The van der Waals surface area contributed by atoms with E-state index in [1.54, 1.807) is 6.07 Å². The summed E-state index contributed by atoms with van der Waals surface area (Å²) in [6, 6.07) is 1.68. The first-order valence-corrected chi connectivity index (χ1v) is 4.47. The van der Waals surface area contributed by atoms with Crippen LogP contribution >= 0.6 is 0 Å². The summed E-state index contributed by atoms with van der Waals surface area (Å²) in [4.78, 5) is 11.7. The first-order chi connectivity index (χ1) is 6.29. The summed E-state index contributed by atoms with van der Waals surface area (Å²) in [5.41, 5.74) is 0.610. The van der Waals surface area contributed by atoms with Crippen molar-refractivity contribution in [1.29, 1.82) is 0 Å². The molecule has 1 aromatic rings. The monoisotopic (exact) mass is 180 g/mol. The van der Waals surface area contributed by atoms with Gasteiger partial charge in [-0.1, -0.05) is 6.92 Å². The van der Waals surface area contributed by atoms with E-state index in [-0.39, 0.29) is 11.9 Å². The zero-order valence-corrected chi connectivity index (χ0v) is 7.53. The topological polar surface area (TPSA) is 39.4 Å². The van der Waals surface area contributed by atoms with Gasteiger partial charge in [0.2, 0.25) is 0 Å². The van der Waals surface area contributed by atoms with E-state index in [2.05, 4.69) is 0 Å². The molecule has 70 valence electrons. The number of Topliss-reactive ketones (excluding diaryl/α,β-unsaturated/α-hetero) is 1. The highest BCUT2D eigenvalue weighted by Crippen LogP contribution is 2.23. The van der Waals surface area contributed by atoms with Crippen LogP contribution in [0.5, 0.6) is 0 Å². The van der Waals surface area contributed by atoms with Gasteiger partial charge in [0.1, 0.15) is 12.4 Å². The number of carbonyl (C=O) groups is 1. The number of hydrogen-bond donors (Lipinski definition) is 0. The molecule has 1 aliphatic rings. The van der Waals surface area contributed by atoms with Crippen LogP contribution in [0.1, 0.15) is 23.7 Å². The number of furan rings is 1. The van der Waals surface area contributed by atoms with Crippen LogP contribution in [0.4, 0.5) is 0 Å². The lowest BCUT2D eigenvalue weighted by Crippen LogP contribution is -2.24. The summed E-state index contributed by atoms with van der Waals surface area (Å²) in [5, 5.41) is 0. The minimum Gasteiger partial charge on any atom is -0.472 e. The smallest absolute Gasteiger partial charge is 0.195 e. The molecular weight excluding hydrogens is 168 g/mol. The fourth-order valence-electron chi connectivity index (χ4n) is 1.60. The molecule has 3 nitrogen and oxygen atoms in total. The third-order valence-electron chi connectivity index (χ3n) is 2.45. The van der Waals surface area contributed by atoms with Crippen molar-refractivity contribution < 1.29 is 13.9 Å². The van der Waals surface area contributed by atoms with Crippen LogP contribution in [0.15, 0.2) is 23.0 Å². The SMILES string of the molecule is CC1CCOC1C(=O)c1ccoc1. The molecule has 1 fully saturated rings. The van der Waals surface area contributed by atoms with Crippen LogP contribution in [0.3, 0.4) is 0 Å². The second kappa shape index (κ2) is 3.34. The molecule has 0 bridgehead atoms. The van der Waals surface area contributed by atoms with Gasteiger partial charge < -0.3 is 9.15 Å². The maximum absolute atomic E-state index is 11.7. The van der Waals surface area contributed by atoms with Crippen LogP contribution in [0, 0.1) is 5.92 Å². The van der Waals surface area contributed by atoms with E-state index < -0.39 is 0 Å². The lowest BCUT2D eigenvalue weighted by molar-refractivity contribution is 0.0579. The van der Waals surface area contributed by atoms with Gasteiger partial charge in [-0.2, -0.15) is 0 Å². The summed E-state index contributed by atoms with van der Waals surface area (Å²) in [7, 11) is 0. The van der Waals surface area contributed by atoms with Crippen molar-refractivity contribution in [2.45, 2.75) is 19.4 Å². The van der Waals surface area contributed by atoms with Gasteiger partial charge in [-0.25, -0.2) is 0 Å². The molecule has 2 rings (SSSR count). The molecule has 2 unspecified atom stereocenters. The molecule has 2 atom stereocenters. The Morgan fingerprint density at radius 3 is 3.00 bits per heavy atom. The van der Waals surface area contributed by atoms with Gasteiger partial charge in [0.05, 0.1) is 11.8 Å². The van der Waals surface area contributed by atoms with Crippen molar-refractivity contribution in [1.82, 2.24) is 0 Å². The Morgan fingerprint density at radius 1 is 1.62 bits per heavy atom. The maximum Gasteiger partial charge on any atom is 0.195 e. The van der Waals surface area contributed by atoms with Crippen molar-refractivity contribution in [2.24, 2.45) is 5.92 Å². The van der Waals surface area contributed by atoms with Gasteiger partial charge in [-0.05, 0) is 18.4 Å². The van der Waals surface area contributed by atoms with Crippen molar-refractivity contribution in [3.8, 4) is 0 Å². The molecule has 0 N–H and O–H groups in total. The summed E-state index contributed by atoms with van der Waals surface area (Å²) >= 11 is 0. The van der Waals surface area contributed by atoms with Gasteiger partial charge >= 0.3 is 0 Å². The highest BCUT2D eigenvalue weighted by molar-refractivity contribution is 5.99. The van der Waals surface area contributed by atoms with Crippen LogP contribution in [-0.2, 0) is 4.74 Å². The number of carbonyl (C=O) groups excluding carboxylic acids is 1. The van der Waals surface area contributed by atoms with Crippen molar-refractivity contribution in [3.05, 3.63) is 24.2 Å². The Morgan fingerprint density at radius 2 is 2.46 bits per heavy atom. The predicted octanol–water partition coefficient (Wildman–Crippen LogP) is 1.89. The highest BCUT2D eigenvalue weighted by Gasteiger charge is 2.31. The van der Waals surface area contributed by atoms with Crippen molar-refractivity contribution >= 4 is 5.78 Å². The van der Waals surface area contributed by atoms with Crippen molar-refractivity contribution in [3.63, 3.8) is 0 Å². The fraction of sp³-hybridized carbons (Fsp3) is 0.500. The van der Waals surface area contributed by atoms with E-state index in [1.807, 2.05) is 6.92 Å². The Balaban J connectivity index is 2.13. The van der Waals surface area contributed by atoms with Crippen LogP contribution < -0.4 is 0 Å². The number of ketones is 1. The van der Waals surface area contributed by atoms with E-state index in [0.29, 0.717) is 18.1 Å². The average molecular weight is 180 g/mol. The number of ether oxygens (including phenoxy) is 1. The zero-order chi connectivity index (χ0) is 9.26. The summed E-state index contributed by atoms with van der Waals surface area (Å²) in [6.45, 7) is 2.73. The quantitative estimate of drug-likeness (QED) is 0.652. The summed E-state index contributed by atoms with van der Waals surface area (Å²) in [5.74, 6) is 0.362. The van der Waals surface area contributed by atoms with Crippen molar-refractivity contribution in [2.75, 3.05) is 6.61 Å². The molecule has 1 aromatic heterocycles. The minimum atomic E-state index is -0.266. The number of rotatable bonds is 2. The van der Waals surface area contributed by atoms with Gasteiger partial charge in [0.25, 0.3) is 0 Å². The molecule has 0 aliphatic carbocycles. The fourth-order valence-corrected chi connectivity index (χ4v) is 1.60. The molecule has 0 saturated carbocycles. The van der Waals surface area contributed by atoms with E-state index in [9.17, 15) is 4.79 Å². The molecule has 3 heteroatoms. The molecule has 2 heterocycles. The zero-order valence-electron chi connectivity index (χ0n) is 7.53. The standard InChI is InChI=1S/C10H12O3/c1-7-2-5-13-10(7)9(11)8-3-4-12-6-8/h3-4,6-7,10H,2,5H2,1H3. The summed E-state index contributed by atoms with van der Waals surface area (Å²) < 4.78 is 10.2. The average Bonchev–Trinajstić information content (AvgIpc) is 2.72. The second-order valence-corrected chi connectivity index (χ2v) is 3.43. The molecule has 0 radical (unpaired) electrons. The second-order valence-electron chi connectivity index (χ2n) is 3.43. The maximum atomic E-state index is 11.7. The molecule has 13 heavy (non-hydrogen) atoms. The number of hydrogen-bond acceptors (Lipinski definition) is 3. The molecule has 1 saturated heterocycles. The molecule has 0 aromatic carbocycles. The third-order valence-corrected chi connectivity index (χ3v) is 2.45. The Labute approximate surface area is 76.7 Å². The van der Waals surface area contributed by atoms with Crippen LogP contribution in [-0.4, -0.2) is 18.5 Å². The van der Waals surface area contributed by atoms with E-state index >= 15 is 0 Å². The molecular formula is C10H12O3.